The second-order valence-corrected chi connectivity index (χ2v) is 9.50. The highest BCUT2D eigenvalue weighted by molar-refractivity contribution is 7.92. The summed E-state index contributed by atoms with van der Waals surface area (Å²) in [5.74, 6) is 2.83. The van der Waals surface area contributed by atoms with Gasteiger partial charge in [-0.15, -0.1) is 0 Å². The van der Waals surface area contributed by atoms with Crippen molar-refractivity contribution >= 4 is 15.7 Å². The maximum absolute atomic E-state index is 13.7. The lowest BCUT2D eigenvalue weighted by Crippen LogP contribution is -2.31. The van der Waals surface area contributed by atoms with Gasteiger partial charge in [0.25, 0.3) is 10.0 Å². The molecule has 9 heteroatoms. The van der Waals surface area contributed by atoms with Gasteiger partial charge < -0.3 is 18.6 Å². The maximum Gasteiger partial charge on any atom is 0.264 e. The maximum atomic E-state index is 13.7. The van der Waals surface area contributed by atoms with Crippen LogP contribution in [0.15, 0.2) is 82.1 Å². The molecule has 35 heavy (non-hydrogen) atoms. The first-order chi connectivity index (χ1) is 16.8. The number of benzene rings is 3. The van der Waals surface area contributed by atoms with Crippen molar-refractivity contribution in [1.82, 2.24) is 4.98 Å². The molecule has 0 fully saturated rings. The Bertz CT molecular complexity index is 1380. The smallest absolute Gasteiger partial charge is 0.264 e. The van der Waals surface area contributed by atoms with Crippen molar-refractivity contribution in [2.45, 2.75) is 18.4 Å². The van der Waals surface area contributed by atoms with Crippen LogP contribution in [0.25, 0.3) is 11.5 Å². The fraction of sp³-hybridized carbons (Fsp3) is 0.192. The number of hydrogen-bond acceptors (Lipinski definition) is 7. The van der Waals surface area contributed by atoms with Crippen LogP contribution in [-0.4, -0.2) is 34.7 Å². The van der Waals surface area contributed by atoms with Crippen LogP contribution >= 0.6 is 0 Å². The summed E-state index contributed by atoms with van der Waals surface area (Å²) in [5, 5.41) is 0. The molecule has 0 unspecified atom stereocenters. The van der Waals surface area contributed by atoms with E-state index in [1.807, 2.05) is 24.3 Å². The minimum atomic E-state index is -3.94. The van der Waals surface area contributed by atoms with Gasteiger partial charge in [0.15, 0.2) is 0 Å². The first kappa shape index (κ1) is 24.2. The fourth-order valence-corrected chi connectivity index (χ4v) is 4.93. The fourth-order valence-electron chi connectivity index (χ4n) is 3.51. The van der Waals surface area contributed by atoms with Crippen molar-refractivity contribution in [3.63, 3.8) is 0 Å². The second kappa shape index (κ2) is 10.1. The molecule has 0 aliphatic rings. The van der Waals surface area contributed by atoms with Crippen molar-refractivity contribution in [3.05, 3.63) is 84.3 Å². The Kier molecular flexibility index (Phi) is 6.97. The molecule has 0 N–H and O–H groups in total. The predicted molar refractivity (Wildman–Crippen MR) is 133 cm³/mol. The number of sulfonamides is 1. The number of hydrogen-bond donors (Lipinski definition) is 0. The van der Waals surface area contributed by atoms with E-state index in [4.69, 9.17) is 18.6 Å². The zero-order valence-electron chi connectivity index (χ0n) is 19.9. The molecular formula is C26H26N2O6S. The molecule has 0 bridgehead atoms. The van der Waals surface area contributed by atoms with Gasteiger partial charge in [-0.3, -0.25) is 4.31 Å². The molecule has 3 aromatic carbocycles. The summed E-state index contributed by atoms with van der Waals surface area (Å²) in [4.78, 5) is 4.74. The molecule has 4 rings (SSSR count). The monoisotopic (exact) mass is 494 g/mol. The molecule has 0 saturated carbocycles. The molecule has 0 aliphatic carbocycles. The molecule has 182 valence electrons. The van der Waals surface area contributed by atoms with Gasteiger partial charge >= 0.3 is 0 Å². The molecule has 0 radical (unpaired) electrons. The Labute approximate surface area is 204 Å². The van der Waals surface area contributed by atoms with Gasteiger partial charge in [-0.05, 0) is 79.7 Å². The van der Waals surface area contributed by atoms with Gasteiger partial charge in [0.05, 0.1) is 38.5 Å². The van der Waals surface area contributed by atoms with E-state index < -0.39 is 10.0 Å². The molecular weight excluding hydrogens is 468 g/mol. The van der Waals surface area contributed by atoms with Crippen LogP contribution in [0, 0.1) is 6.92 Å². The average Bonchev–Trinajstić information content (AvgIpc) is 3.27. The van der Waals surface area contributed by atoms with Crippen LogP contribution in [-0.2, 0) is 16.6 Å². The third-order valence-corrected chi connectivity index (χ3v) is 7.32. The summed E-state index contributed by atoms with van der Waals surface area (Å²) >= 11 is 0. The van der Waals surface area contributed by atoms with E-state index >= 15 is 0 Å². The van der Waals surface area contributed by atoms with Gasteiger partial charge in [-0.1, -0.05) is 0 Å². The number of aryl methyl sites for hydroxylation is 1. The highest BCUT2D eigenvalue weighted by Crippen LogP contribution is 2.31. The Morgan fingerprint density at radius 3 is 1.77 bits per heavy atom. The van der Waals surface area contributed by atoms with Crippen LogP contribution in [0.5, 0.6) is 17.2 Å². The summed E-state index contributed by atoms with van der Waals surface area (Å²) in [6, 6.07) is 20.4. The summed E-state index contributed by atoms with van der Waals surface area (Å²) in [6.45, 7) is 1.74. The zero-order valence-corrected chi connectivity index (χ0v) is 20.7. The van der Waals surface area contributed by atoms with Crippen LogP contribution in [0.3, 0.4) is 0 Å². The van der Waals surface area contributed by atoms with Gasteiger partial charge in [0.1, 0.15) is 28.7 Å². The van der Waals surface area contributed by atoms with Crippen LogP contribution < -0.4 is 18.5 Å². The Hall–Kier alpha value is -3.98. The SMILES string of the molecule is COc1ccc(-c2nc(CN(c3ccc(OC)cc3)S(=O)(=O)c3ccc(OC)cc3)c(C)o2)cc1. The molecule has 4 aromatic rings. The lowest BCUT2D eigenvalue weighted by molar-refractivity contribution is 0.414. The minimum Gasteiger partial charge on any atom is -0.497 e. The number of nitrogens with zero attached hydrogens (tertiary/aromatic N) is 2. The number of anilines is 1. The topological polar surface area (TPSA) is 91.1 Å². The summed E-state index contributed by atoms with van der Waals surface area (Å²) in [6.07, 6.45) is 0. The van der Waals surface area contributed by atoms with Crippen molar-refractivity contribution in [2.24, 2.45) is 0 Å². The van der Waals surface area contributed by atoms with E-state index in [1.54, 1.807) is 57.5 Å². The third-order valence-electron chi connectivity index (χ3n) is 5.53. The molecule has 1 heterocycles. The van der Waals surface area contributed by atoms with E-state index in [0.29, 0.717) is 40.3 Å². The first-order valence-corrected chi connectivity index (χ1v) is 12.2. The van der Waals surface area contributed by atoms with Crippen LogP contribution in [0.1, 0.15) is 11.5 Å². The van der Waals surface area contributed by atoms with Crippen molar-refractivity contribution < 1.29 is 27.0 Å². The van der Waals surface area contributed by atoms with Gasteiger partial charge in [0, 0.05) is 5.56 Å². The van der Waals surface area contributed by atoms with E-state index in [9.17, 15) is 8.42 Å². The van der Waals surface area contributed by atoms with Gasteiger partial charge in [-0.25, -0.2) is 13.4 Å². The number of aromatic nitrogens is 1. The highest BCUT2D eigenvalue weighted by Gasteiger charge is 2.28. The lowest BCUT2D eigenvalue weighted by Gasteiger charge is -2.24. The van der Waals surface area contributed by atoms with Crippen LogP contribution in [0.2, 0.25) is 0 Å². The van der Waals surface area contributed by atoms with E-state index in [-0.39, 0.29) is 11.4 Å². The molecule has 8 nitrogen and oxygen atoms in total. The molecule has 0 amide bonds. The molecule has 0 atom stereocenters. The summed E-state index contributed by atoms with van der Waals surface area (Å²) in [5.41, 5.74) is 1.73. The quantitative estimate of drug-likeness (QED) is 0.321. The van der Waals surface area contributed by atoms with E-state index in [2.05, 4.69) is 4.98 Å². The predicted octanol–water partition coefficient (Wildman–Crippen LogP) is 5.07. The standard InChI is InChI=1S/C26H26N2O6S/c1-18-25(27-26(34-18)19-5-9-21(31-2)10-6-19)17-28(20-7-11-22(32-3)12-8-20)35(29,30)24-15-13-23(33-4)14-16-24/h5-16H,17H2,1-4H3. The molecule has 0 saturated heterocycles. The van der Waals surface area contributed by atoms with Crippen molar-refractivity contribution in [3.8, 4) is 28.7 Å². The number of oxazole rings is 1. The average molecular weight is 495 g/mol. The lowest BCUT2D eigenvalue weighted by atomic mass is 10.2. The van der Waals surface area contributed by atoms with Gasteiger partial charge in [0.2, 0.25) is 5.89 Å². The Morgan fingerprint density at radius 1 is 0.771 bits per heavy atom. The summed E-state index contributed by atoms with van der Waals surface area (Å²) in [7, 11) is 0.742. The van der Waals surface area contributed by atoms with Crippen LogP contribution in [0.4, 0.5) is 5.69 Å². The largest absolute Gasteiger partial charge is 0.497 e. The Morgan fingerprint density at radius 2 is 1.26 bits per heavy atom. The normalized spacial score (nSPS) is 11.2. The van der Waals surface area contributed by atoms with Gasteiger partial charge in [-0.2, -0.15) is 0 Å². The first-order valence-electron chi connectivity index (χ1n) is 10.8. The number of methoxy groups -OCH3 is 3. The molecule has 1 aromatic heterocycles. The summed E-state index contributed by atoms with van der Waals surface area (Å²) < 4.78 is 50.3. The number of rotatable bonds is 9. The van der Waals surface area contributed by atoms with E-state index in [1.165, 1.54) is 23.5 Å². The molecule has 0 aliphatic heterocycles. The molecule has 0 spiro atoms. The Balaban J connectivity index is 1.73. The third kappa shape index (κ3) is 5.09. The van der Waals surface area contributed by atoms with Crippen molar-refractivity contribution in [2.75, 3.05) is 25.6 Å². The zero-order chi connectivity index (χ0) is 25.0. The highest BCUT2D eigenvalue weighted by atomic mass is 32.2. The van der Waals surface area contributed by atoms with Crippen molar-refractivity contribution in [1.29, 1.82) is 0 Å². The second-order valence-electron chi connectivity index (χ2n) is 7.64. The number of ether oxygens (including phenoxy) is 3. The van der Waals surface area contributed by atoms with E-state index in [0.717, 1.165) is 5.56 Å². The minimum absolute atomic E-state index is 0.0216.